The zero-order valence-corrected chi connectivity index (χ0v) is 12.2. The van der Waals surface area contributed by atoms with Crippen LogP contribution in [0.2, 0.25) is 0 Å². The molecule has 2 aromatic rings. The molecule has 0 N–H and O–H groups in total. The van der Waals surface area contributed by atoms with Gasteiger partial charge >= 0.3 is 6.18 Å². The first kappa shape index (κ1) is 15.9. The Morgan fingerprint density at radius 3 is 2.29 bits per heavy atom. The predicted octanol–water partition coefficient (Wildman–Crippen LogP) is 5.66. The molecule has 0 spiro atoms. The van der Waals surface area contributed by atoms with Gasteiger partial charge in [0.1, 0.15) is 11.6 Å². The predicted molar refractivity (Wildman–Crippen MR) is 73.2 cm³/mol. The van der Waals surface area contributed by atoms with Crippen LogP contribution in [0.25, 0.3) is 0 Å². The number of rotatable bonds is 3. The second-order valence-corrected chi connectivity index (χ2v) is 5.60. The van der Waals surface area contributed by atoms with Gasteiger partial charge in [-0.3, -0.25) is 0 Å². The highest BCUT2D eigenvalue weighted by atomic mass is 79.9. The Bertz CT molecular complexity index is 636. The lowest BCUT2D eigenvalue weighted by Crippen LogP contribution is -2.11. The number of alkyl halides is 4. The van der Waals surface area contributed by atoms with Gasteiger partial charge in [0.2, 0.25) is 0 Å². The summed E-state index contributed by atoms with van der Waals surface area (Å²) in [5, 5.41) is 0. The van der Waals surface area contributed by atoms with Crippen molar-refractivity contribution in [2.75, 3.05) is 0 Å². The van der Waals surface area contributed by atoms with Crippen LogP contribution in [-0.2, 0) is 12.6 Å². The first-order valence-electron chi connectivity index (χ1n) is 6.03. The second kappa shape index (κ2) is 6.13. The molecule has 0 aliphatic carbocycles. The Morgan fingerprint density at radius 1 is 1.00 bits per heavy atom. The minimum Gasteiger partial charge on any atom is -0.207 e. The topological polar surface area (TPSA) is 0 Å². The SMILES string of the molecule is Fc1ccc(CC(Br)c2ccccc2C(F)(F)F)c(F)c1. The highest BCUT2D eigenvalue weighted by Gasteiger charge is 2.34. The fourth-order valence-corrected chi connectivity index (χ4v) is 2.77. The number of halogens is 6. The van der Waals surface area contributed by atoms with Crippen molar-refractivity contribution in [1.82, 2.24) is 0 Å². The normalized spacial score (nSPS) is 13.2. The molecule has 112 valence electrons. The summed E-state index contributed by atoms with van der Waals surface area (Å²) in [4.78, 5) is -0.727. The summed E-state index contributed by atoms with van der Waals surface area (Å²) in [5.41, 5.74) is -0.599. The van der Waals surface area contributed by atoms with Gasteiger partial charge < -0.3 is 0 Å². The minimum atomic E-state index is -4.48. The fraction of sp³-hybridized carbons (Fsp3) is 0.200. The maximum absolute atomic E-state index is 13.6. The van der Waals surface area contributed by atoms with E-state index in [0.29, 0.717) is 6.07 Å². The van der Waals surface area contributed by atoms with Gasteiger partial charge in [-0.1, -0.05) is 40.2 Å². The van der Waals surface area contributed by atoms with Crippen LogP contribution in [0, 0.1) is 11.6 Å². The molecule has 0 aliphatic rings. The summed E-state index contributed by atoms with van der Waals surface area (Å²) >= 11 is 3.16. The molecule has 0 amide bonds. The average molecular weight is 365 g/mol. The summed E-state index contributed by atoms with van der Waals surface area (Å²) in [6.45, 7) is 0. The molecule has 0 fully saturated rings. The van der Waals surface area contributed by atoms with E-state index in [2.05, 4.69) is 15.9 Å². The van der Waals surface area contributed by atoms with Gasteiger partial charge in [-0.2, -0.15) is 13.2 Å². The molecule has 1 unspecified atom stereocenters. The monoisotopic (exact) mass is 364 g/mol. The summed E-state index contributed by atoms with van der Waals surface area (Å²) in [7, 11) is 0. The lowest BCUT2D eigenvalue weighted by atomic mass is 9.99. The maximum Gasteiger partial charge on any atom is 0.416 e. The molecule has 0 aromatic heterocycles. The highest BCUT2D eigenvalue weighted by molar-refractivity contribution is 9.09. The molecule has 0 aliphatic heterocycles. The Kier molecular flexibility index (Phi) is 4.66. The molecule has 0 nitrogen and oxygen atoms in total. The van der Waals surface area contributed by atoms with Crippen LogP contribution in [0.15, 0.2) is 42.5 Å². The standard InChI is InChI=1S/C15H10BrF5/c16-13(7-9-5-6-10(17)8-14(9)18)11-3-1-2-4-12(11)15(19,20)21/h1-6,8,13H,7H2. The van der Waals surface area contributed by atoms with Gasteiger partial charge in [0, 0.05) is 10.9 Å². The fourth-order valence-electron chi connectivity index (χ4n) is 2.02. The average Bonchev–Trinajstić information content (AvgIpc) is 2.41. The second-order valence-electron chi connectivity index (χ2n) is 4.49. The zero-order valence-electron chi connectivity index (χ0n) is 10.6. The number of benzene rings is 2. The third kappa shape index (κ3) is 3.81. The quantitative estimate of drug-likeness (QED) is 0.486. The van der Waals surface area contributed by atoms with Gasteiger partial charge in [0.05, 0.1) is 5.56 Å². The third-order valence-corrected chi connectivity index (χ3v) is 3.83. The van der Waals surface area contributed by atoms with Crippen molar-refractivity contribution in [3.63, 3.8) is 0 Å². The molecular formula is C15H10BrF5. The van der Waals surface area contributed by atoms with Crippen molar-refractivity contribution >= 4 is 15.9 Å². The van der Waals surface area contributed by atoms with Gasteiger partial charge in [-0.05, 0) is 29.7 Å². The molecule has 6 heteroatoms. The molecule has 0 heterocycles. The molecule has 2 aromatic carbocycles. The first-order valence-corrected chi connectivity index (χ1v) is 6.94. The van der Waals surface area contributed by atoms with E-state index >= 15 is 0 Å². The van der Waals surface area contributed by atoms with E-state index in [4.69, 9.17) is 0 Å². The van der Waals surface area contributed by atoms with E-state index in [9.17, 15) is 22.0 Å². The van der Waals surface area contributed by atoms with Crippen molar-refractivity contribution in [1.29, 1.82) is 0 Å². The van der Waals surface area contributed by atoms with Crippen molar-refractivity contribution in [2.24, 2.45) is 0 Å². The van der Waals surface area contributed by atoms with Crippen molar-refractivity contribution in [3.05, 3.63) is 70.8 Å². The van der Waals surface area contributed by atoms with Crippen LogP contribution in [-0.4, -0.2) is 0 Å². The van der Waals surface area contributed by atoms with Crippen LogP contribution in [0.5, 0.6) is 0 Å². The Hall–Kier alpha value is -1.43. The summed E-state index contributed by atoms with van der Waals surface area (Å²) in [6.07, 6.45) is -4.50. The lowest BCUT2D eigenvalue weighted by Gasteiger charge is -2.17. The summed E-state index contributed by atoms with van der Waals surface area (Å²) in [5.74, 6) is -1.50. The van der Waals surface area contributed by atoms with Crippen LogP contribution in [0.4, 0.5) is 22.0 Å². The van der Waals surface area contributed by atoms with Crippen LogP contribution in [0.3, 0.4) is 0 Å². The smallest absolute Gasteiger partial charge is 0.207 e. The molecule has 1 atom stereocenters. The van der Waals surface area contributed by atoms with Crippen LogP contribution >= 0.6 is 15.9 Å². The Morgan fingerprint density at radius 2 is 1.67 bits per heavy atom. The van der Waals surface area contributed by atoms with E-state index in [1.807, 2.05) is 0 Å². The highest BCUT2D eigenvalue weighted by Crippen LogP contribution is 2.38. The largest absolute Gasteiger partial charge is 0.416 e. The van der Waals surface area contributed by atoms with E-state index < -0.39 is 28.2 Å². The molecule has 21 heavy (non-hydrogen) atoms. The summed E-state index contributed by atoms with van der Waals surface area (Å²) in [6, 6.07) is 8.12. The van der Waals surface area contributed by atoms with E-state index in [1.54, 1.807) is 0 Å². The van der Waals surface area contributed by atoms with Crippen LogP contribution < -0.4 is 0 Å². The maximum atomic E-state index is 13.6. The molecule has 0 saturated heterocycles. The van der Waals surface area contributed by atoms with Gasteiger partial charge in [0.15, 0.2) is 0 Å². The number of hydrogen-bond acceptors (Lipinski definition) is 0. The van der Waals surface area contributed by atoms with E-state index in [-0.39, 0.29) is 17.5 Å². The molecule has 2 rings (SSSR count). The molecular weight excluding hydrogens is 355 g/mol. The van der Waals surface area contributed by atoms with Crippen molar-refractivity contribution in [3.8, 4) is 0 Å². The summed E-state index contributed by atoms with van der Waals surface area (Å²) < 4.78 is 65.2. The van der Waals surface area contributed by atoms with Crippen LogP contribution in [0.1, 0.15) is 21.5 Å². The first-order chi connectivity index (χ1) is 9.79. The zero-order chi connectivity index (χ0) is 15.6. The van der Waals surface area contributed by atoms with Crippen molar-refractivity contribution < 1.29 is 22.0 Å². The van der Waals surface area contributed by atoms with Gasteiger partial charge in [0.25, 0.3) is 0 Å². The van der Waals surface area contributed by atoms with Crippen molar-refractivity contribution in [2.45, 2.75) is 17.4 Å². The lowest BCUT2D eigenvalue weighted by molar-refractivity contribution is -0.138. The minimum absolute atomic E-state index is 0.0147. The van der Waals surface area contributed by atoms with E-state index in [1.165, 1.54) is 24.3 Å². The van der Waals surface area contributed by atoms with Gasteiger partial charge in [-0.15, -0.1) is 0 Å². The number of hydrogen-bond donors (Lipinski definition) is 0. The molecule has 0 saturated carbocycles. The Balaban J connectivity index is 2.31. The van der Waals surface area contributed by atoms with E-state index in [0.717, 1.165) is 12.1 Å². The van der Waals surface area contributed by atoms with Gasteiger partial charge in [-0.25, -0.2) is 8.78 Å². The third-order valence-electron chi connectivity index (χ3n) is 3.02. The molecule has 0 bridgehead atoms. The Labute approximate surface area is 126 Å². The molecule has 0 radical (unpaired) electrons.